The van der Waals surface area contributed by atoms with E-state index in [4.69, 9.17) is 9.84 Å². The lowest BCUT2D eigenvalue weighted by Crippen LogP contribution is -2.39. The monoisotopic (exact) mass is 306 g/mol. The summed E-state index contributed by atoms with van der Waals surface area (Å²) in [6.45, 7) is 3.02. The summed E-state index contributed by atoms with van der Waals surface area (Å²) < 4.78 is 5.10. The van der Waals surface area contributed by atoms with Crippen molar-refractivity contribution >= 4 is 17.5 Å². The van der Waals surface area contributed by atoms with Crippen LogP contribution in [0.4, 0.5) is 5.69 Å². The van der Waals surface area contributed by atoms with Crippen LogP contribution in [0.15, 0.2) is 24.3 Å². The zero-order valence-corrected chi connectivity index (χ0v) is 13.0. The van der Waals surface area contributed by atoms with Gasteiger partial charge in [-0.15, -0.1) is 0 Å². The van der Waals surface area contributed by atoms with Gasteiger partial charge in [0.15, 0.2) is 0 Å². The number of anilines is 1. The Hall–Kier alpha value is -2.08. The molecule has 22 heavy (non-hydrogen) atoms. The zero-order valence-electron chi connectivity index (χ0n) is 13.0. The number of methoxy groups -OCH3 is 1. The van der Waals surface area contributed by atoms with Gasteiger partial charge in [0.1, 0.15) is 5.75 Å². The van der Waals surface area contributed by atoms with Crippen molar-refractivity contribution in [2.45, 2.75) is 13.3 Å². The Bertz CT molecular complexity index is 529. The van der Waals surface area contributed by atoms with E-state index < -0.39 is 0 Å². The minimum Gasteiger partial charge on any atom is -0.497 e. The first-order valence-corrected chi connectivity index (χ1v) is 7.44. The average Bonchev–Trinajstić information content (AvgIpc) is 2.94. The van der Waals surface area contributed by atoms with E-state index in [2.05, 4.69) is 0 Å². The quantitative estimate of drug-likeness (QED) is 0.847. The number of amides is 2. The van der Waals surface area contributed by atoms with E-state index in [0.717, 1.165) is 11.4 Å². The number of aliphatic hydroxyl groups excluding tert-OH is 1. The molecule has 0 saturated carbocycles. The second-order valence-corrected chi connectivity index (χ2v) is 5.24. The second kappa shape index (κ2) is 7.26. The van der Waals surface area contributed by atoms with Crippen LogP contribution in [0.1, 0.15) is 13.3 Å². The highest BCUT2D eigenvalue weighted by Gasteiger charge is 2.36. The van der Waals surface area contributed by atoms with E-state index in [9.17, 15) is 9.59 Å². The zero-order chi connectivity index (χ0) is 16.1. The fourth-order valence-corrected chi connectivity index (χ4v) is 2.69. The molecule has 1 atom stereocenters. The molecule has 0 radical (unpaired) electrons. The number of ether oxygens (including phenoxy) is 1. The number of nitrogens with zero attached hydrogens (tertiary/aromatic N) is 2. The van der Waals surface area contributed by atoms with Crippen LogP contribution in [0.2, 0.25) is 0 Å². The number of aliphatic hydroxyl groups is 1. The van der Waals surface area contributed by atoms with Gasteiger partial charge >= 0.3 is 0 Å². The Morgan fingerprint density at radius 2 is 2.09 bits per heavy atom. The number of likely N-dealkylation sites (N-methyl/N-ethyl adjacent to an activating group) is 1. The van der Waals surface area contributed by atoms with Crippen molar-refractivity contribution in [3.05, 3.63) is 24.3 Å². The topological polar surface area (TPSA) is 70.1 Å². The first-order valence-electron chi connectivity index (χ1n) is 7.44. The predicted octanol–water partition coefficient (Wildman–Crippen LogP) is 0.889. The van der Waals surface area contributed by atoms with Crippen molar-refractivity contribution < 1.29 is 19.4 Å². The van der Waals surface area contributed by atoms with E-state index >= 15 is 0 Å². The van der Waals surface area contributed by atoms with Crippen LogP contribution in [0.3, 0.4) is 0 Å². The molecule has 0 spiro atoms. The SMILES string of the molecule is CCN(CCO)C(=O)C1CC(=O)N(c2ccc(OC)cc2)C1. The summed E-state index contributed by atoms with van der Waals surface area (Å²) in [4.78, 5) is 27.8. The smallest absolute Gasteiger partial charge is 0.228 e. The van der Waals surface area contributed by atoms with Gasteiger partial charge in [0.05, 0.1) is 19.6 Å². The molecule has 2 rings (SSSR count). The molecule has 1 aliphatic heterocycles. The summed E-state index contributed by atoms with van der Waals surface area (Å²) in [6, 6.07) is 7.22. The Morgan fingerprint density at radius 3 is 2.64 bits per heavy atom. The molecule has 1 N–H and O–H groups in total. The van der Waals surface area contributed by atoms with Crippen molar-refractivity contribution in [1.82, 2.24) is 4.90 Å². The predicted molar refractivity (Wildman–Crippen MR) is 82.8 cm³/mol. The van der Waals surface area contributed by atoms with Crippen LogP contribution in [0, 0.1) is 5.92 Å². The van der Waals surface area contributed by atoms with Gasteiger partial charge in [0, 0.05) is 31.7 Å². The molecule has 0 bridgehead atoms. The van der Waals surface area contributed by atoms with Gasteiger partial charge in [0.2, 0.25) is 11.8 Å². The van der Waals surface area contributed by atoms with Crippen molar-refractivity contribution in [3.8, 4) is 5.75 Å². The molecule has 1 aliphatic rings. The summed E-state index contributed by atoms with van der Waals surface area (Å²) in [5.41, 5.74) is 0.770. The van der Waals surface area contributed by atoms with Crippen molar-refractivity contribution in [2.24, 2.45) is 5.92 Å². The maximum absolute atomic E-state index is 12.4. The highest BCUT2D eigenvalue weighted by Crippen LogP contribution is 2.27. The maximum Gasteiger partial charge on any atom is 0.228 e. The van der Waals surface area contributed by atoms with Crippen molar-refractivity contribution in [3.63, 3.8) is 0 Å². The lowest BCUT2D eigenvalue weighted by molar-refractivity contribution is -0.136. The Balaban J connectivity index is 2.07. The summed E-state index contributed by atoms with van der Waals surface area (Å²) >= 11 is 0. The molecule has 6 nitrogen and oxygen atoms in total. The average molecular weight is 306 g/mol. The number of hydrogen-bond acceptors (Lipinski definition) is 4. The summed E-state index contributed by atoms with van der Waals surface area (Å²) in [6.07, 6.45) is 0.215. The minimum absolute atomic E-state index is 0.0523. The van der Waals surface area contributed by atoms with Crippen LogP contribution in [0.25, 0.3) is 0 Å². The number of carbonyl (C=O) groups excluding carboxylic acids is 2. The summed E-state index contributed by atoms with van der Waals surface area (Å²) in [5.74, 6) is 0.258. The molecule has 0 aromatic heterocycles. The van der Waals surface area contributed by atoms with Gasteiger partial charge in [-0.2, -0.15) is 0 Å². The molecule has 1 saturated heterocycles. The van der Waals surface area contributed by atoms with Crippen LogP contribution >= 0.6 is 0 Å². The number of hydrogen-bond donors (Lipinski definition) is 1. The first kappa shape index (κ1) is 16.3. The van der Waals surface area contributed by atoms with E-state index in [1.807, 2.05) is 19.1 Å². The van der Waals surface area contributed by atoms with Crippen LogP contribution in [-0.2, 0) is 9.59 Å². The fraction of sp³-hybridized carbons (Fsp3) is 0.500. The van der Waals surface area contributed by atoms with E-state index in [1.165, 1.54) is 0 Å². The first-order chi connectivity index (χ1) is 10.6. The van der Waals surface area contributed by atoms with Crippen LogP contribution in [-0.4, -0.2) is 55.2 Å². The Kier molecular flexibility index (Phi) is 5.38. The molecular weight excluding hydrogens is 284 g/mol. The van der Waals surface area contributed by atoms with Crippen molar-refractivity contribution in [1.29, 1.82) is 0 Å². The summed E-state index contributed by atoms with van der Waals surface area (Å²) in [5, 5.41) is 9.01. The van der Waals surface area contributed by atoms with Gasteiger partial charge in [-0.05, 0) is 31.2 Å². The maximum atomic E-state index is 12.4. The van der Waals surface area contributed by atoms with Gasteiger partial charge in [-0.1, -0.05) is 0 Å². The molecule has 6 heteroatoms. The van der Waals surface area contributed by atoms with Gasteiger partial charge < -0.3 is 19.6 Å². The third-order valence-electron chi connectivity index (χ3n) is 3.92. The molecule has 1 fully saturated rings. The number of carbonyl (C=O) groups is 2. The van der Waals surface area contributed by atoms with Gasteiger partial charge in [-0.3, -0.25) is 9.59 Å². The largest absolute Gasteiger partial charge is 0.497 e. The molecule has 1 aromatic carbocycles. The molecule has 1 unspecified atom stereocenters. The summed E-state index contributed by atoms with van der Waals surface area (Å²) in [7, 11) is 1.59. The van der Waals surface area contributed by atoms with Gasteiger partial charge in [-0.25, -0.2) is 0 Å². The number of benzene rings is 1. The third-order valence-corrected chi connectivity index (χ3v) is 3.92. The van der Waals surface area contributed by atoms with Crippen molar-refractivity contribution in [2.75, 3.05) is 38.3 Å². The highest BCUT2D eigenvalue weighted by molar-refractivity contribution is 6.00. The van der Waals surface area contributed by atoms with E-state index in [-0.39, 0.29) is 30.8 Å². The lowest BCUT2D eigenvalue weighted by atomic mass is 10.1. The molecule has 0 aliphatic carbocycles. The third kappa shape index (κ3) is 3.39. The molecule has 1 aromatic rings. The fourth-order valence-electron chi connectivity index (χ4n) is 2.69. The molecule has 120 valence electrons. The molecular formula is C16H22N2O4. The van der Waals surface area contributed by atoms with Crippen LogP contribution < -0.4 is 9.64 Å². The Morgan fingerprint density at radius 1 is 1.41 bits per heavy atom. The van der Waals surface area contributed by atoms with E-state index in [1.54, 1.807) is 29.0 Å². The van der Waals surface area contributed by atoms with Crippen LogP contribution in [0.5, 0.6) is 5.75 Å². The van der Waals surface area contributed by atoms with E-state index in [0.29, 0.717) is 19.6 Å². The number of rotatable bonds is 6. The Labute approximate surface area is 130 Å². The standard InChI is InChI=1S/C16H22N2O4/c1-3-17(8-9-19)16(21)12-10-15(20)18(11-12)13-4-6-14(22-2)7-5-13/h4-7,12,19H,3,8-11H2,1-2H3. The normalized spacial score (nSPS) is 17.7. The lowest BCUT2D eigenvalue weighted by Gasteiger charge is -2.23. The van der Waals surface area contributed by atoms with Gasteiger partial charge in [0.25, 0.3) is 0 Å². The molecule has 1 heterocycles. The minimum atomic E-state index is -0.346. The molecule has 2 amide bonds. The second-order valence-electron chi connectivity index (χ2n) is 5.24. The highest BCUT2D eigenvalue weighted by atomic mass is 16.5.